The molecule has 38 heavy (non-hydrogen) atoms. The zero-order valence-corrected chi connectivity index (χ0v) is 21.3. The molecule has 11 N–H and O–H groups in total. The minimum absolute atomic E-state index is 0.0280. The van der Waals surface area contributed by atoms with Gasteiger partial charge in [-0.1, -0.05) is 32.4 Å². The van der Waals surface area contributed by atoms with Gasteiger partial charge in [-0.2, -0.15) is 0 Å². The number of hydrogen-bond donors (Lipinski definition) is 8. The molecule has 0 radical (unpaired) electrons. The zero-order valence-electron chi connectivity index (χ0n) is 21.3. The Bertz CT molecular complexity index is 1020. The number of carbonyl (C=O) groups is 6. The predicted molar refractivity (Wildman–Crippen MR) is 135 cm³/mol. The number of aliphatic carboxylic acids is 1. The smallest absolute Gasteiger partial charge is 0.326 e. The second-order valence-corrected chi connectivity index (χ2v) is 8.98. The maximum Gasteiger partial charge on any atom is 0.326 e. The van der Waals surface area contributed by atoms with Crippen molar-refractivity contribution < 1.29 is 39.0 Å². The summed E-state index contributed by atoms with van der Waals surface area (Å²) in [5.74, 6) is -5.87. The Labute approximate surface area is 219 Å². The molecule has 5 amide bonds. The van der Waals surface area contributed by atoms with Crippen LogP contribution < -0.4 is 33.2 Å². The summed E-state index contributed by atoms with van der Waals surface area (Å²) >= 11 is 0. The summed E-state index contributed by atoms with van der Waals surface area (Å²) in [5.41, 5.74) is 16.5. The number of hydrogen-bond acceptors (Lipinski definition) is 8. The molecule has 0 heterocycles. The molecule has 0 aliphatic heterocycles. The zero-order chi connectivity index (χ0) is 29.0. The van der Waals surface area contributed by atoms with Crippen LogP contribution in [0.4, 0.5) is 0 Å². The molecule has 1 aromatic rings. The molecule has 5 unspecified atom stereocenters. The fraction of sp³-hybridized carbons (Fsp3) is 0.500. The number of nitrogens with one attached hydrogen (secondary N) is 3. The molecule has 0 bridgehead atoms. The van der Waals surface area contributed by atoms with Gasteiger partial charge in [0.1, 0.15) is 23.9 Å². The number of primary amides is 2. The number of aromatic hydroxyl groups is 1. The number of amides is 5. The van der Waals surface area contributed by atoms with E-state index in [1.165, 1.54) is 24.3 Å². The van der Waals surface area contributed by atoms with Gasteiger partial charge in [0.15, 0.2) is 0 Å². The summed E-state index contributed by atoms with van der Waals surface area (Å²) in [6, 6.07) is 0.490. The van der Waals surface area contributed by atoms with Gasteiger partial charge in [0.2, 0.25) is 29.5 Å². The van der Waals surface area contributed by atoms with E-state index in [1.54, 1.807) is 13.8 Å². The summed E-state index contributed by atoms with van der Waals surface area (Å²) in [6.45, 7) is 3.38. The van der Waals surface area contributed by atoms with Crippen molar-refractivity contribution in [1.82, 2.24) is 16.0 Å². The quantitative estimate of drug-likeness (QED) is 0.116. The van der Waals surface area contributed by atoms with Crippen LogP contribution in [0.15, 0.2) is 24.3 Å². The molecule has 0 saturated heterocycles. The van der Waals surface area contributed by atoms with Crippen molar-refractivity contribution in [1.29, 1.82) is 0 Å². The van der Waals surface area contributed by atoms with Gasteiger partial charge in [0.25, 0.3) is 0 Å². The normalized spacial score (nSPS) is 14.7. The van der Waals surface area contributed by atoms with Crippen molar-refractivity contribution >= 4 is 35.5 Å². The molecular formula is C24H36N6O8. The first-order valence-electron chi connectivity index (χ1n) is 12.0. The van der Waals surface area contributed by atoms with Crippen molar-refractivity contribution in [3.63, 3.8) is 0 Å². The lowest BCUT2D eigenvalue weighted by molar-refractivity contribution is -0.144. The number of phenolic OH excluding ortho intramolecular Hbond substituents is 1. The van der Waals surface area contributed by atoms with Gasteiger partial charge in [-0.25, -0.2) is 4.79 Å². The number of rotatable bonds is 16. The molecule has 210 valence electrons. The molecular weight excluding hydrogens is 500 g/mol. The molecule has 0 aromatic heterocycles. The molecule has 14 heteroatoms. The summed E-state index contributed by atoms with van der Waals surface area (Å²) in [6.07, 6.45) is -0.661. The van der Waals surface area contributed by atoms with Gasteiger partial charge in [-0.05, 0) is 30.0 Å². The lowest BCUT2D eigenvalue weighted by Crippen LogP contribution is -2.58. The van der Waals surface area contributed by atoms with Crippen LogP contribution in [0.1, 0.15) is 45.1 Å². The second-order valence-electron chi connectivity index (χ2n) is 8.98. The van der Waals surface area contributed by atoms with Crippen LogP contribution in [0.25, 0.3) is 0 Å². The van der Waals surface area contributed by atoms with E-state index in [0.29, 0.717) is 12.0 Å². The van der Waals surface area contributed by atoms with E-state index in [9.17, 15) is 39.0 Å². The Balaban J connectivity index is 3.20. The Kier molecular flexibility index (Phi) is 12.7. The summed E-state index contributed by atoms with van der Waals surface area (Å²) in [5, 5.41) is 26.3. The first-order valence-corrected chi connectivity index (χ1v) is 12.0. The SMILES string of the molecule is CCC(C)C(NC(=O)C(CCC(N)=O)NC(=O)C(Cc1ccc(O)cc1)NC(=O)C(N)CC(N)=O)C(=O)O. The maximum atomic E-state index is 13.2. The topological polar surface area (TPSA) is 257 Å². The number of carboxylic acid groups (broad SMARTS) is 1. The molecule has 14 nitrogen and oxygen atoms in total. The lowest BCUT2D eigenvalue weighted by Gasteiger charge is -2.26. The molecule has 0 fully saturated rings. The van der Waals surface area contributed by atoms with Gasteiger partial charge in [0.05, 0.1) is 12.5 Å². The van der Waals surface area contributed by atoms with E-state index >= 15 is 0 Å². The van der Waals surface area contributed by atoms with Gasteiger partial charge >= 0.3 is 5.97 Å². The number of nitrogens with two attached hydrogens (primary N) is 3. The minimum atomic E-state index is -1.36. The van der Waals surface area contributed by atoms with Crippen molar-refractivity contribution in [2.75, 3.05) is 0 Å². The largest absolute Gasteiger partial charge is 0.508 e. The standard InChI is InChI=1S/C24H36N6O8/c1-3-12(2)20(24(37)38)30-22(35)16(8-9-18(26)32)28-23(36)17(10-13-4-6-14(31)7-5-13)29-21(34)15(25)11-19(27)33/h4-7,12,15-17,20,31H,3,8-11,25H2,1-2H3,(H2,26,32)(H2,27,33)(H,28,36)(H,29,34)(H,30,35)(H,37,38). The first kappa shape index (κ1) is 31.8. The Hall–Kier alpha value is -4.20. The van der Waals surface area contributed by atoms with E-state index in [1.807, 2.05) is 0 Å². The molecule has 0 spiro atoms. The first-order chi connectivity index (χ1) is 17.7. The fourth-order valence-electron chi connectivity index (χ4n) is 3.43. The monoisotopic (exact) mass is 536 g/mol. The summed E-state index contributed by atoms with van der Waals surface area (Å²) in [4.78, 5) is 72.9. The predicted octanol–water partition coefficient (Wildman–Crippen LogP) is -2.01. The highest BCUT2D eigenvalue weighted by Crippen LogP contribution is 2.13. The number of benzene rings is 1. The number of phenols is 1. The number of carbonyl (C=O) groups excluding carboxylic acids is 5. The van der Waals surface area contributed by atoms with E-state index in [2.05, 4.69) is 16.0 Å². The van der Waals surface area contributed by atoms with Crippen LogP contribution in [0.5, 0.6) is 5.75 Å². The highest BCUT2D eigenvalue weighted by molar-refractivity contribution is 5.95. The molecule has 1 rings (SSSR count). The van der Waals surface area contributed by atoms with E-state index < -0.39 is 72.0 Å². The van der Waals surface area contributed by atoms with Gasteiger partial charge in [0, 0.05) is 12.8 Å². The van der Waals surface area contributed by atoms with Crippen LogP contribution in [0.3, 0.4) is 0 Å². The summed E-state index contributed by atoms with van der Waals surface area (Å²) < 4.78 is 0. The van der Waals surface area contributed by atoms with Gasteiger partial charge < -0.3 is 43.4 Å². The third kappa shape index (κ3) is 10.8. The molecule has 1 aromatic carbocycles. The maximum absolute atomic E-state index is 13.2. The van der Waals surface area contributed by atoms with E-state index in [0.717, 1.165) is 0 Å². The van der Waals surface area contributed by atoms with E-state index in [4.69, 9.17) is 17.2 Å². The number of carboxylic acids is 1. The second kappa shape index (κ2) is 15.1. The average Bonchev–Trinajstić information content (AvgIpc) is 2.84. The average molecular weight is 537 g/mol. The highest BCUT2D eigenvalue weighted by atomic mass is 16.4. The van der Waals surface area contributed by atoms with Crippen LogP contribution >= 0.6 is 0 Å². The molecule has 0 aliphatic rings. The van der Waals surface area contributed by atoms with Crippen molar-refractivity contribution in [2.45, 2.75) is 70.1 Å². The van der Waals surface area contributed by atoms with Crippen molar-refractivity contribution in [3.8, 4) is 5.75 Å². The third-order valence-electron chi connectivity index (χ3n) is 5.86. The Morgan fingerprint density at radius 2 is 1.42 bits per heavy atom. The van der Waals surface area contributed by atoms with Crippen LogP contribution in [-0.2, 0) is 35.2 Å². The highest BCUT2D eigenvalue weighted by Gasteiger charge is 2.32. The molecule has 0 aliphatic carbocycles. The van der Waals surface area contributed by atoms with Crippen LogP contribution in [-0.4, -0.2) is 69.9 Å². The van der Waals surface area contributed by atoms with Crippen molar-refractivity contribution in [3.05, 3.63) is 29.8 Å². The fourth-order valence-corrected chi connectivity index (χ4v) is 3.43. The Morgan fingerprint density at radius 1 is 0.868 bits per heavy atom. The Morgan fingerprint density at radius 3 is 1.92 bits per heavy atom. The molecule has 5 atom stereocenters. The van der Waals surface area contributed by atoms with Gasteiger partial charge in [-0.3, -0.25) is 24.0 Å². The summed E-state index contributed by atoms with van der Waals surface area (Å²) in [7, 11) is 0. The molecule has 0 saturated carbocycles. The minimum Gasteiger partial charge on any atom is -0.508 e. The van der Waals surface area contributed by atoms with Crippen molar-refractivity contribution in [2.24, 2.45) is 23.1 Å². The van der Waals surface area contributed by atoms with Gasteiger partial charge in [-0.15, -0.1) is 0 Å². The van der Waals surface area contributed by atoms with E-state index in [-0.39, 0.29) is 25.0 Å². The third-order valence-corrected chi connectivity index (χ3v) is 5.86. The van der Waals surface area contributed by atoms with Crippen LogP contribution in [0, 0.1) is 5.92 Å². The lowest BCUT2D eigenvalue weighted by atomic mass is 9.98. The van der Waals surface area contributed by atoms with Crippen LogP contribution in [0.2, 0.25) is 0 Å².